The quantitative estimate of drug-likeness (QED) is 0.504. The van der Waals surface area contributed by atoms with Gasteiger partial charge in [0.1, 0.15) is 0 Å². The molecule has 0 aliphatic rings. The minimum absolute atomic E-state index is 0.648. The first-order valence-electron chi connectivity index (χ1n) is 4.10. The Morgan fingerprint density at radius 1 is 1.50 bits per heavy atom. The molecule has 0 radical (unpaired) electrons. The van der Waals surface area contributed by atoms with E-state index in [1.165, 1.54) is 0 Å². The van der Waals surface area contributed by atoms with Crippen molar-refractivity contribution in [2.24, 2.45) is 5.73 Å². The highest BCUT2D eigenvalue weighted by Crippen LogP contribution is 1.98. The smallest absolute Gasteiger partial charge is 0.0929 e. The van der Waals surface area contributed by atoms with Gasteiger partial charge in [0, 0.05) is 5.70 Å². The molecule has 0 fully saturated rings. The van der Waals surface area contributed by atoms with Crippen molar-refractivity contribution in [3.63, 3.8) is 0 Å². The highest BCUT2D eigenvalue weighted by atomic mass is 16.5. The predicted molar refractivity (Wildman–Crippen MR) is 52.5 cm³/mol. The molecule has 0 aliphatic carbocycles. The normalized spacial score (nSPS) is 12.8. The third-order valence-corrected chi connectivity index (χ3v) is 1.28. The fourth-order valence-electron chi connectivity index (χ4n) is 0.593. The van der Waals surface area contributed by atoms with E-state index < -0.39 is 0 Å². The van der Waals surface area contributed by atoms with Gasteiger partial charge < -0.3 is 10.5 Å². The summed E-state index contributed by atoms with van der Waals surface area (Å²) >= 11 is 0. The molecule has 0 aromatic carbocycles. The zero-order chi connectivity index (χ0) is 9.40. The molecule has 12 heavy (non-hydrogen) atoms. The van der Waals surface area contributed by atoms with Crippen molar-refractivity contribution >= 4 is 0 Å². The second-order valence-corrected chi connectivity index (χ2v) is 2.50. The first kappa shape index (κ1) is 10.8. The molecule has 2 heteroatoms. The number of hydrogen-bond donors (Lipinski definition) is 1. The molecule has 0 aliphatic heterocycles. The Bertz CT molecular complexity index is 192. The van der Waals surface area contributed by atoms with Gasteiger partial charge in [-0.05, 0) is 31.6 Å². The lowest BCUT2D eigenvalue weighted by atomic mass is 10.3. The predicted octanol–water partition coefficient (Wildman–Crippen LogP) is 2.35. The van der Waals surface area contributed by atoms with E-state index in [-0.39, 0.29) is 0 Å². The maximum absolute atomic E-state index is 5.49. The number of ether oxygens (including phenoxy) is 1. The lowest BCUT2D eigenvalue weighted by Crippen LogP contribution is -1.92. The first-order chi connectivity index (χ1) is 5.70. The molecule has 0 rings (SSSR count). The topological polar surface area (TPSA) is 35.2 Å². The average Bonchev–Trinajstić information content (AvgIpc) is 2.10. The third kappa shape index (κ3) is 5.59. The number of rotatable bonds is 5. The summed E-state index contributed by atoms with van der Waals surface area (Å²) in [4.78, 5) is 0. The Hall–Kier alpha value is -1.18. The van der Waals surface area contributed by atoms with Crippen LogP contribution < -0.4 is 5.73 Å². The number of allylic oxidation sites excluding steroid dienone is 4. The molecule has 0 saturated heterocycles. The van der Waals surface area contributed by atoms with E-state index in [1.54, 1.807) is 12.2 Å². The van der Waals surface area contributed by atoms with Gasteiger partial charge in [-0.15, -0.1) is 0 Å². The first-order valence-corrected chi connectivity index (χ1v) is 4.10. The molecule has 2 nitrogen and oxygen atoms in total. The van der Waals surface area contributed by atoms with Crippen LogP contribution >= 0.6 is 0 Å². The molecule has 0 heterocycles. The number of nitrogens with two attached hydrogens (primary N) is 1. The van der Waals surface area contributed by atoms with Crippen LogP contribution in [0.5, 0.6) is 0 Å². The summed E-state index contributed by atoms with van der Waals surface area (Å²) in [6.45, 7) is 8.27. The van der Waals surface area contributed by atoms with Crippen LogP contribution in [0.25, 0.3) is 0 Å². The van der Waals surface area contributed by atoms with Gasteiger partial charge in [-0.3, -0.25) is 0 Å². The highest BCUT2D eigenvalue weighted by Gasteiger charge is 1.85. The monoisotopic (exact) mass is 167 g/mol. The van der Waals surface area contributed by atoms with Gasteiger partial charge in [0.15, 0.2) is 0 Å². The summed E-state index contributed by atoms with van der Waals surface area (Å²) < 4.78 is 5.31. The summed E-state index contributed by atoms with van der Waals surface area (Å²) in [5, 5.41) is 0. The van der Waals surface area contributed by atoms with Gasteiger partial charge in [-0.25, -0.2) is 0 Å². The molecule has 68 valence electrons. The molecular weight excluding hydrogens is 150 g/mol. The molecule has 0 amide bonds. The molecule has 2 N–H and O–H groups in total. The van der Waals surface area contributed by atoms with Crippen LogP contribution in [-0.4, -0.2) is 6.61 Å². The van der Waals surface area contributed by atoms with E-state index in [0.29, 0.717) is 5.70 Å². The Morgan fingerprint density at radius 2 is 2.17 bits per heavy atom. The highest BCUT2D eigenvalue weighted by molar-refractivity contribution is 5.19. The van der Waals surface area contributed by atoms with E-state index in [2.05, 4.69) is 13.5 Å². The van der Waals surface area contributed by atoms with Crippen LogP contribution in [0.1, 0.15) is 20.3 Å². The second kappa shape index (κ2) is 6.53. The lowest BCUT2D eigenvalue weighted by molar-refractivity contribution is 0.214. The second-order valence-electron chi connectivity index (χ2n) is 2.50. The van der Waals surface area contributed by atoms with Crippen LogP contribution in [0, 0.1) is 0 Å². The van der Waals surface area contributed by atoms with Crippen molar-refractivity contribution in [2.75, 3.05) is 6.61 Å². The fourth-order valence-corrected chi connectivity index (χ4v) is 0.593. The maximum atomic E-state index is 5.49. The van der Waals surface area contributed by atoms with Crippen molar-refractivity contribution in [1.82, 2.24) is 0 Å². The standard InChI is InChI=1S/C10H17NO/c1-4-8-12-9(3)6-7-10(11)5-2/h5-7H,2,4,8,11H2,1,3H3/b9-6+,10-7+. The zero-order valence-electron chi connectivity index (χ0n) is 7.84. The average molecular weight is 167 g/mol. The minimum atomic E-state index is 0.648. The Balaban J connectivity index is 3.90. The largest absolute Gasteiger partial charge is 0.498 e. The number of hydrogen-bond acceptors (Lipinski definition) is 2. The van der Waals surface area contributed by atoms with Crippen molar-refractivity contribution in [3.8, 4) is 0 Å². The Morgan fingerprint density at radius 3 is 2.67 bits per heavy atom. The van der Waals surface area contributed by atoms with Gasteiger partial charge in [0.05, 0.1) is 12.4 Å². The Kier molecular flexibility index (Phi) is 5.88. The molecule has 0 aromatic heterocycles. The maximum Gasteiger partial charge on any atom is 0.0929 e. The van der Waals surface area contributed by atoms with Gasteiger partial charge >= 0.3 is 0 Å². The third-order valence-electron chi connectivity index (χ3n) is 1.28. The van der Waals surface area contributed by atoms with Crippen molar-refractivity contribution in [2.45, 2.75) is 20.3 Å². The molecule has 0 saturated carbocycles. The summed E-state index contributed by atoms with van der Waals surface area (Å²) in [5.74, 6) is 0.877. The van der Waals surface area contributed by atoms with Crippen LogP contribution in [0.2, 0.25) is 0 Å². The minimum Gasteiger partial charge on any atom is -0.498 e. The molecule has 0 unspecified atom stereocenters. The summed E-state index contributed by atoms with van der Waals surface area (Å²) in [6.07, 6.45) is 6.24. The van der Waals surface area contributed by atoms with E-state index in [0.717, 1.165) is 18.8 Å². The summed E-state index contributed by atoms with van der Waals surface area (Å²) in [7, 11) is 0. The van der Waals surface area contributed by atoms with E-state index in [4.69, 9.17) is 10.5 Å². The molecular formula is C10H17NO. The SMILES string of the molecule is C=C/C(N)=C\C=C(/C)OCCC. The lowest BCUT2D eigenvalue weighted by Gasteiger charge is -2.02. The Labute approximate surface area is 74.4 Å². The molecule has 0 bridgehead atoms. The van der Waals surface area contributed by atoms with Crippen LogP contribution in [-0.2, 0) is 4.74 Å². The molecule has 0 atom stereocenters. The van der Waals surface area contributed by atoms with Crippen LogP contribution in [0.3, 0.4) is 0 Å². The van der Waals surface area contributed by atoms with Gasteiger partial charge in [-0.1, -0.05) is 13.5 Å². The molecule has 0 aromatic rings. The van der Waals surface area contributed by atoms with Crippen molar-refractivity contribution < 1.29 is 4.74 Å². The summed E-state index contributed by atoms with van der Waals surface area (Å²) in [6, 6.07) is 0. The van der Waals surface area contributed by atoms with Gasteiger partial charge in [0.2, 0.25) is 0 Å². The van der Waals surface area contributed by atoms with Crippen molar-refractivity contribution in [3.05, 3.63) is 36.3 Å². The van der Waals surface area contributed by atoms with Crippen molar-refractivity contribution in [1.29, 1.82) is 0 Å². The fraction of sp³-hybridized carbons (Fsp3) is 0.400. The van der Waals surface area contributed by atoms with E-state index in [1.807, 2.05) is 13.0 Å². The molecule has 0 spiro atoms. The van der Waals surface area contributed by atoms with E-state index >= 15 is 0 Å². The van der Waals surface area contributed by atoms with Gasteiger partial charge in [0.25, 0.3) is 0 Å². The van der Waals surface area contributed by atoms with E-state index in [9.17, 15) is 0 Å². The van der Waals surface area contributed by atoms with Crippen LogP contribution in [0.4, 0.5) is 0 Å². The summed E-state index contributed by atoms with van der Waals surface area (Å²) in [5.41, 5.74) is 6.14. The van der Waals surface area contributed by atoms with Crippen LogP contribution in [0.15, 0.2) is 36.3 Å². The zero-order valence-corrected chi connectivity index (χ0v) is 7.84. The van der Waals surface area contributed by atoms with Gasteiger partial charge in [-0.2, -0.15) is 0 Å².